The standard InChI is InChI=1S/C33H41N3O4S/c1-5-30(33(38)34-28-13-9-10-14-28)35(22-27-11-7-6-8-12-27)32(37)23-36(31-20-17-25(3)21-26(31)4)41(39,40)29-18-15-24(2)16-19-29/h6-8,11-12,15-21,28,30H,5,9-10,13-14,22-23H2,1-4H3,(H,34,38)/t30-/m0/s1. The molecule has 2 amide bonds. The maximum absolute atomic E-state index is 14.2. The number of amides is 2. The number of hydrogen-bond acceptors (Lipinski definition) is 4. The number of benzene rings is 3. The Balaban J connectivity index is 1.73. The molecule has 3 aromatic carbocycles. The summed E-state index contributed by atoms with van der Waals surface area (Å²) in [6.45, 7) is 7.33. The highest BCUT2D eigenvalue weighted by Gasteiger charge is 2.35. The first-order valence-corrected chi connectivity index (χ1v) is 15.8. The molecule has 8 heteroatoms. The van der Waals surface area contributed by atoms with Gasteiger partial charge in [-0.05, 0) is 69.4 Å². The number of nitrogens with zero attached hydrogens (tertiary/aromatic N) is 2. The normalized spacial score (nSPS) is 14.4. The van der Waals surface area contributed by atoms with Crippen molar-refractivity contribution in [2.45, 2.75) is 83.3 Å². The van der Waals surface area contributed by atoms with Gasteiger partial charge < -0.3 is 10.2 Å². The Kier molecular flexibility index (Phi) is 9.86. The smallest absolute Gasteiger partial charge is 0.264 e. The van der Waals surface area contributed by atoms with Crippen molar-refractivity contribution in [2.24, 2.45) is 0 Å². The van der Waals surface area contributed by atoms with Crippen LogP contribution in [0.2, 0.25) is 0 Å². The number of carbonyl (C=O) groups excluding carboxylic acids is 2. The van der Waals surface area contributed by atoms with Crippen molar-refractivity contribution in [1.82, 2.24) is 10.2 Å². The highest BCUT2D eigenvalue weighted by atomic mass is 32.2. The van der Waals surface area contributed by atoms with Crippen molar-refractivity contribution < 1.29 is 18.0 Å². The largest absolute Gasteiger partial charge is 0.352 e. The summed E-state index contributed by atoms with van der Waals surface area (Å²) < 4.78 is 29.3. The Bertz CT molecular complexity index is 1450. The second kappa shape index (κ2) is 13.3. The fourth-order valence-corrected chi connectivity index (χ4v) is 6.98. The zero-order valence-electron chi connectivity index (χ0n) is 24.5. The molecule has 0 radical (unpaired) electrons. The molecule has 1 saturated carbocycles. The molecule has 1 N–H and O–H groups in total. The van der Waals surface area contributed by atoms with E-state index in [0.29, 0.717) is 12.1 Å². The van der Waals surface area contributed by atoms with E-state index in [4.69, 9.17) is 0 Å². The van der Waals surface area contributed by atoms with Gasteiger partial charge in [-0.3, -0.25) is 13.9 Å². The van der Waals surface area contributed by atoms with Gasteiger partial charge >= 0.3 is 0 Å². The fraction of sp³-hybridized carbons (Fsp3) is 0.394. The first kappa shape index (κ1) is 30.3. The Labute approximate surface area is 244 Å². The van der Waals surface area contributed by atoms with Crippen molar-refractivity contribution in [3.8, 4) is 0 Å². The Morgan fingerprint density at radius 3 is 2.15 bits per heavy atom. The summed E-state index contributed by atoms with van der Waals surface area (Å²) in [7, 11) is -4.09. The second-order valence-electron chi connectivity index (χ2n) is 11.0. The van der Waals surface area contributed by atoms with E-state index in [1.54, 1.807) is 35.2 Å². The van der Waals surface area contributed by atoms with Crippen molar-refractivity contribution in [1.29, 1.82) is 0 Å². The summed E-state index contributed by atoms with van der Waals surface area (Å²) in [5.74, 6) is -0.624. The van der Waals surface area contributed by atoms with Crippen LogP contribution in [0.3, 0.4) is 0 Å². The maximum Gasteiger partial charge on any atom is 0.264 e. The first-order valence-electron chi connectivity index (χ1n) is 14.4. The third-order valence-corrected chi connectivity index (χ3v) is 9.57. The molecule has 4 rings (SSSR count). The van der Waals surface area contributed by atoms with Crippen molar-refractivity contribution >= 4 is 27.5 Å². The summed E-state index contributed by atoms with van der Waals surface area (Å²) in [4.78, 5) is 29.4. The second-order valence-corrected chi connectivity index (χ2v) is 12.9. The van der Waals surface area contributed by atoms with Crippen LogP contribution in [-0.4, -0.2) is 43.8 Å². The van der Waals surface area contributed by atoms with Gasteiger partial charge in [-0.1, -0.05) is 85.5 Å². The fourth-order valence-electron chi connectivity index (χ4n) is 5.50. The highest BCUT2D eigenvalue weighted by Crippen LogP contribution is 2.29. The first-order chi connectivity index (χ1) is 19.6. The summed E-state index contributed by atoms with van der Waals surface area (Å²) >= 11 is 0. The van der Waals surface area contributed by atoms with Gasteiger partial charge in [0.1, 0.15) is 12.6 Å². The Hall–Kier alpha value is -3.65. The van der Waals surface area contributed by atoms with Crippen LogP contribution in [0.1, 0.15) is 61.3 Å². The van der Waals surface area contributed by atoms with Gasteiger partial charge in [0.15, 0.2) is 0 Å². The summed E-state index contributed by atoms with van der Waals surface area (Å²) in [6.07, 6.45) is 4.44. The van der Waals surface area contributed by atoms with Crippen LogP contribution in [0.5, 0.6) is 0 Å². The molecule has 1 aliphatic rings. The molecular formula is C33H41N3O4S. The molecule has 1 atom stereocenters. The Morgan fingerprint density at radius 1 is 0.902 bits per heavy atom. The molecule has 0 saturated heterocycles. The molecule has 0 aromatic heterocycles. The van der Waals surface area contributed by atoms with Gasteiger partial charge in [0.25, 0.3) is 10.0 Å². The van der Waals surface area contributed by atoms with Gasteiger partial charge in [-0.2, -0.15) is 0 Å². The molecule has 3 aromatic rings. The van der Waals surface area contributed by atoms with E-state index in [0.717, 1.165) is 47.9 Å². The quantitative estimate of drug-likeness (QED) is 0.319. The predicted molar refractivity (Wildman–Crippen MR) is 163 cm³/mol. The lowest BCUT2D eigenvalue weighted by molar-refractivity contribution is -0.140. The Morgan fingerprint density at radius 2 is 1.54 bits per heavy atom. The maximum atomic E-state index is 14.2. The molecular weight excluding hydrogens is 534 g/mol. The van der Waals surface area contributed by atoms with E-state index in [1.807, 2.05) is 70.2 Å². The van der Waals surface area contributed by atoms with Crippen LogP contribution in [0.25, 0.3) is 0 Å². The number of carbonyl (C=O) groups is 2. The third kappa shape index (κ3) is 7.36. The molecule has 0 aliphatic heterocycles. The lowest BCUT2D eigenvalue weighted by atomic mass is 10.1. The molecule has 1 fully saturated rings. The molecule has 0 heterocycles. The van der Waals surface area contributed by atoms with Gasteiger partial charge in [-0.15, -0.1) is 0 Å². The molecule has 0 unspecified atom stereocenters. The van der Waals surface area contributed by atoms with Gasteiger partial charge in [0.05, 0.1) is 10.6 Å². The summed E-state index contributed by atoms with van der Waals surface area (Å²) in [5, 5.41) is 3.15. The third-order valence-electron chi connectivity index (χ3n) is 7.79. The van der Waals surface area contributed by atoms with Gasteiger partial charge in [0.2, 0.25) is 11.8 Å². The average molecular weight is 576 g/mol. The van der Waals surface area contributed by atoms with E-state index in [2.05, 4.69) is 5.32 Å². The number of anilines is 1. The number of hydrogen-bond donors (Lipinski definition) is 1. The van der Waals surface area contributed by atoms with Gasteiger partial charge in [0, 0.05) is 12.6 Å². The van der Waals surface area contributed by atoms with E-state index >= 15 is 0 Å². The van der Waals surface area contributed by atoms with Crippen LogP contribution in [0.4, 0.5) is 5.69 Å². The number of sulfonamides is 1. The zero-order valence-corrected chi connectivity index (χ0v) is 25.3. The zero-order chi connectivity index (χ0) is 29.6. The van der Waals surface area contributed by atoms with Crippen LogP contribution in [0.15, 0.2) is 77.7 Å². The summed E-state index contributed by atoms with van der Waals surface area (Å²) in [6, 6.07) is 21.0. The van der Waals surface area contributed by atoms with E-state index in [1.165, 1.54) is 4.31 Å². The molecule has 218 valence electrons. The molecule has 0 spiro atoms. The molecule has 0 bridgehead atoms. The minimum Gasteiger partial charge on any atom is -0.352 e. The van der Waals surface area contributed by atoms with Gasteiger partial charge in [-0.25, -0.2) is 8.42 Å². The average Bonchev–Trinajstić information content (AvgIpc) is 3.45. The highest BCUT2D eigenvalue weighted by molar-refractivity contribution is 7.92. The summed E-state index contributed by atoms with van der Waals surface area (Å²) in [5.41, 5.74) is 3.98. The number of rotatable bonds is 11. The number of aryl methyl sites for hydroxylation is 3. The lowest BCUT2D eigenvalue weighted by Crippen LogP contribution is -2.53. The number of nitrogens with one attached hydrogen (secondary N) is 1. The van der Waals surface area contributed by atoms with Crippen LogP contribution >= 0.6 is 0 Å². The van der Waals surface area contributed by atoms with Crippen LogP contribution in [-0.2, 0) is 26.2 Å². The predicted octanol–water partition coefficient (Wildman–Crippen LogP) is 5.67. The van der Waals surface area contributed by atoms with Crippen molar-refractivity contribution in [3.05, 3.63) is 95.1 Å². The van der Waals surface area contributed by atoms with Crippen molar-refractivity contribution in [2.75, 3.05) is 10.8 Å². The monoisotopic (exact) mass is 575 g/mol. The lowest BCUT2D eigenvalue weighted by Gasteiger charge is -2.34. The molecule has 7 nitrogen and oxygen atoms in total. The van der Waals surface area contributed by atoms with E-state index in [9.17, 15) is 18.0 Å². The van der Waals surface area contributed by atoms with Crippen molar-refractivity contribution in [3.63, 3.8) is 0 Å². The molecule has 41 heavy (non-hydrogen) atoms. The topological polar surface area (TPSA) is 86.8 Å². The SMILES string of the molecule is CC[C@@H](C(=O)NC1CCCC1)N(Cc1ccccc1)C(=O)CN(c1ccc(C)cc1C)S(=O)(=O)c1ccc(C)cc1. The molecule has 1 aliphatic carbocycles. The van der Waals surface area contributed by atoms with E-state index < -0.39 is 28.5 Å². The minimum atomic E-state index is -4.09. The van der Waals surface area contributed by atoms with E-state index in [-0.39, 0.29) is 23.4 Å². The van der Waals surface area contributed by atoms with Crippen LogP contribution < -0.4 is 9.62 Å². The minimum absolute atomic E-state index is 0.108. The van der Waals surface area contributed by atoms with Crippen LogP contribution in [0, 0.1) is 20.8 Å².